The van der Waals surface area contributed by atoms with Gasteiger partial charge < -0.3 is 93.5 Å². The van der Waals surface area contributed by atoms with Crippen LogP contribution in [0.15, 0.2) is 71.7 Å². The maximum atomic E-state index is 14.1. The largest absolute Gasteiger partial charge is 0.510 e. The van der Waals surface area contributed by atoms with E-state index in [1.165, 1.54) is 17.1 Å². The van der Waals surface area contributed by atoms with Crippen LogP contribution in [0.2, 0.25) is 0 Å². The second kappa shape index (κ2) is 42.3. The number of esters is 1. The fourth-order valence-electron chi connectivity index (χ4n) is 12.6. The fraction of sp³-hybridized carbons (Fsp3) is 0.562. The summed E-state index contributed by atoms with van der Waals surface area (Å²) < 4.78 is 69.8. The van der Waals surface area contributed by atoms with E-state index in [0.29, 0.717) is 185 Å². The lowest BCUT2D eigenvalue weighted by Crippen LogP contribution is -2.47. The SMILES string of the molecule is CCc1c2c(nc3ccc(O)cc13)-c1cc3c(c(=O)n1C2)COC(=O)C3(CC)OC(=O)OCc1ccc(NC(=O)C(CCCCN)NC(=O)COCC(=O)NCCOCCOCCOCCOCCOCCOCCOCCOCCn2cc(CNC(=O)C3CCC(CN4C(=O)C=CC4=O)CC3)nn2)cc1. The number of rotatable bonds is 48. The van der Waals surface area contributed by atoms with Crippen LogP contribution >= 0.6 is 0 Å². The number of anilines is 1. The van der Waals surface area contributed by atoms with Crippen molar-refractivity contribution in [2.45, 2.75) is 116 Å². The molecule has 0 bridgehead atoms. The van der Waals surface area contributed by atoms with Crippen molar-refractivity contribution >= 4 is 64.2 Å². The van der Waals surface area contributed by atoms with Gasteiger partial charge >= 0.3 is 12.1 Å². The Hall–Kier alpha value is -9.16. The zero-order valence-corrected chi connectivity index (χ0v) is 60.1. The van der Waals surface area contributed by atoms with E-state index >= 15 is 0 Å². The van der Waals surface area contributed by atoms with E-state index in [9.17, 15) is 48.3 Å². The van der Waals surface area contributed by atoms with Crippen LogP contribution < -0.4 is 32.6 Å². The third-order valence-corrected chi connectivity index (χ3v) is 18.2. The average molecular weight is 1480 g/mol. The van der Waals surface area contributed by atoms with Crippen molar-refractivity contribution in [1.82, 2.24) is 45.4 Å². The van der Waals surface area contributed by atoms with Gasteiger partial charge in [-0.15, -0.1) is 5.10 Å². The van der Waals surface area contributed by atoms with Gasteiger partial charge in [-0.2, -0.15) is 0 Å². The molecule has 6 heterocycles. The Morgan fingerprint density at radius 2 is 1.34 bits per heavy atom. The van der Waals surface area contributed by atoms with Crippen LogP contribution in [0, 0.1) is 11.8 Å². The van der Waals surface area contributed by atoms with Gasteiger partial charge in [0, 0.05) is 53.4 Å². The van der Waals surface area contributed by atoms with Crippen LogP contribution in [-0.2, 0) is 135 Å². The number of nitrogens with two attached hydrogens (primary N) is 1. The van der Waals surface area contributed by atoms with E-state index < -0.39 is 60.3 Å². The normalized spacial score (nSPS) is 16.9. The van der Waals surface area contributed by atoms with Crippen molar-refractivity contribution in [3.05, 3.63) is 111 Å². The molecule has 5 aromatic rings. The van der Waals surface area contributed by atoms with Gasteiger partial charge in [0.2, 0.25) is 29.2 Å². The minimum Gasteiger partial charge on any atom is -0.508 e. The van der Waals surface area contributed by atoms with Crippen molar-refractivity contribution in [2.75, 3.05) is 144 Å². The lowest BCUT2D eigenvalue weighted by atomic mass is 9.81. The molecule has 3 aromatic heterocycles. The summed E-state index contributed by atoms with van der Waals surface area (Å²) in [5.74, 6) is -2.83. The van der Waals surface area contributed by atoms with Crippen molar-refractivity contribution in [3.63, 3.8) is 0 Å². The van der Waals surface area contributed by atoms with Crippen molar-refractivity contribution < 1.29 is 100 Å². The van der Waals surface area contributed by atoms with E-state index in [4.69, 9.17) is 67.6 Å². The number of carbonyl (C=O) groups excluding carboxylic acids is 8. The number of hydrogen-bond acceptors (Lipinski definition) is 26. The maximum Gasteiger partial charge on any atom is 0.510 e. The number of hydrogen-bond donors (Lipinski definition) is 6. The Balaban J connectivity index is 0.528. The van der Waals surface area contributed by atoms with Gasteiger partial charge in [-0.3, -0.25) is 38.5 Å². The highest BCUT2D eigenvalue weighted by Crippen LogP contribution is 2.43. The van der Waals surface area contributed by atoms with Crippen LogP contribution in [0.25, 0.3) is 22.3 Å². The van der Waals surface area contributed by atoms with E-state index in [1.807, 2.05) is 6.92 Å². The molecule has 3 aliphatic heterocycles. The molecule has 9 rings (SSSR count). The number of amides is 6. The first-order valence-electron chi connectivity index (χ1n) is 36.1. The van der Waals surface area contributed by atoms with Crippen molar-refractivity contribution in [1.29, 1.82) is 0 Å². The number of unbranched alkanes of at least 4 members (excludes halogenated alkanes) is 1. The van der Waals surface area contributed by atoms with Gasteiger partial charge in [0.25, 0.3) is 17.4 Å². The average Bonchev–Trinajstić information content (AvgIpc) is 1.49. The van der Waals surface area contributed by atoms with Gasteiger partial charge in [0.05, 0.1) is 154 Å². The molecule has 2 atom stereocenters. The fourth-order valence-corrected chi connectivity index (χ4v) is 12.6. The van der Waals surface area contributed by atoms with Gasteiger partial charge in [-0.25, -0.2) is 19.3 Å². The number of fused-ring (bicyclic) bond motifs is 5. The summed E-state index contributed by atoms with van der Waals surface area (Å²) in [5, 5.41) is 30.3. The molecule has 1 saturated carbocycles. The number of ether oxygens (including phenoxy) is 12. The number of phenolic OH excluding ortho intramolecular Hbond substituents is 1. The van der Waals surface area contributed by atoms with Gasteiger partial charge in [-0.1, -0.05) is 31.2 Å². The van der Waals surface area contributed by atoms with Crippen LogP contribution in [-0.4, -0.2) is 227 Å². The molecule has 0 saturated heterocycles. The predicted octanol–water partition coefficient (Wildman–Crippen LogP) is 3.17. The highest BCUT2D eigenvalue weighted by molar-refractivity contribution is 6.13. The molecule has 1 aliphatic carbocycles. The van der Waals surface area contributed by atoms with Crippen LogP contribution in [0.4, 0.5) is 10.5 Å². The first-order valence-corrected chi connectivity index (χ1v) is 36.1. The van der Waals surface area contributed by atoms with Gasteiger partial charge in [0.15, 0.2) is 0 Å². The topological polar surface area (TPSA) is 411 Å². The molecule has 33 nitrogen and oxygen atoms in total. The third-order valence-electron chi connectivity index (χ3n) is 18.2. The summed E-state index contributed by atoms with van der Waals surface area (Å²) in [6.07, 6.45) is 8.10. The second-order valence-corrected chi connectivity index (χ2v) is 25.5. The number of pyridine rings is 2. The summed E-state index contributed by atoms with van der Waals surface area (Å²) in [7, 11) is 0. The smallest absolute Gasteiger partial charge is 0.508 e. The van der Waals surface area contributed by atoms with E-state index in [0.717, 1.165) is 29.4 Å². The number of cyclic esters (lactones) is 1. The zero-order chi connectivity index (χ0) is 75.1. The van der Waals surface area contributed by atoms with E-state index in [-0.39, 0.29) is 98.7 Å². The monoisotopic (exact) mass is 1480 g/mol. The Labute approximate surface area is 613 Å². The molecule has 6 amide bonds. The number of imide groups is 1. The third kappa shape index (κ3) is 23.7. The Kier molecular flexibility index (Phi) is 32.3. The van der Waals surface area contributed by atoms with Gasteiger partial charge in [0.1, 0.15) is 43.9 Å². The minimum absolute atomic E-state index is 0.0281. The molecule has 2 unspecified atom stereocenters. The van der Waals surface area contributed by atoms with E-state index in [2.05, 4.69) is 31.6 Å². The van der Waals surface area contributed by atoms with Crippen LogP contribution in [0.3, 0.4) is 0 Å². The number of phenols is 1. The Morgan fingerprint density at radius 1 is 0.717 bits per heavy atom. The van der Waals surface area contributed by atoms with Crippen LogP contribution in [0.5, 0.6) is 5.75 Å². The molecule has 0 radical (unpaired) electrons. The van der Waals surface area contributed by atoms with Crippen LogP contribution in [0.1, 0.15) is 98.7 Å². The lowest BCUT2D eigenvalue weighted by Gasteiger charge is -2.35. The minimum atomic E-state index is -2.01. The molecule has 7 N–H and O–H groups in total. The predicted molar refractivity (Wildman–Crippen MR) is 378 cm³/mol. The Morgan fingerprint density at radius 3 is 1.96 bits per heavy atom. The molecular weight excluding hydrogens is 1380 g/mol. The lowest BCUT2D eigenvalue weighted by molar-refractivity contribution is -0.175. The number of aryl methyl sites for hydroxylation is 1. The number of carbonyl (C=O) groups is 8. The van der Waals surface area contributed by atoms with Gasteiger partial charge in [-0.05, 0) is 118 Å². The summed E-state index contributed by atoms with van der Waals surface area (Å²) in [5.41, 5.74) is 8.52. The summed E-state index contributed by atoms with van der Waals surface area (Å²) in [6, 6.07) is 12.0. The zero-order valence-electron chi connectivity index (χ0n) is 60.1. The highest BCUT2D eigenvalue weighted by atomic mass is 16.7. The number of aromatic nitrogens is 5. The quantitative estimate of drug-likeness (QED) is 0.0181. The molecule has 4 aliphatic rings. The Bertz CT molecular complexity index is 3840. The number of benzene rings is 2. The van der Waals surface area contributed by atoms with Crippen molar-refractivity contribution in [2.24, 2.45) is 17.6 Å². The standard InChI is InChI=1S/C73H97N11O22/c1-3-55-56-39-54(85)16-17-60(56)79-67-57(55)44-83-62(67)40-59-58(70(83)92)46-104-71(93)73(59,4-2)106-72(94)105-45-50-10-14-52(15-11-50)77-69(91)61(7-5-6-20-74)78-64(87)48-103-47-63(86)75-21-23-95-25-27-97-29-31-99-33-35-101-37-38-102-36-34-100-32-30-98-28-26-96-24-22-82-43-53(80-81-82)41-76-68(90)51-12-8-49(9-13-51)42-84-65(88)18-19-66(84)89/h10-11,14-19,39-40,43,49,51,61,85H,3-9,12-13,20-38,41-42,44-48,74H2,1-2H3,(H,75,86)(H,76,90)(H,77,91)(H,78,87). The number of aromatic hydroxyl groups is 1. The summed E-state index contributed by atoms with van der Waals surface area (Å²) >= 11 is 0. The first-order chi connectivity index (χ1) is 51.6. The number of nitrogens with zero attached hydrogens (tertiary/aromatic N) is 6. The second-order valence-electron chi connectivity index (χ2n) is 25.5. The van der Waals surface area contributed by atoms with Crippen molar-refractivity contribution in [3.8, 4) is 17.1 Å². The summed E-state index contributed by atoms with van der Waals surface area (Å²) in [6.45, 7) is 10.2. The molecule has 106 heavy (non-hydrogen) atoms. The summed E-state index contributed by atoms with van der Waals surface area (Å²) in [4.78, 5) is 123. The molecule has 33 heteroatoms. The number of nitrogens with one attached hydrogen (secondary N) is 4. The molecule has 2 aromatic carbocycles. The molecule has 576 valence electrons. The highest BCUT2D eigenvalue weighted by Gasteiger charge is 2.51. The molecular formula is C73H97N11O22. The van der Waals surface area contributed by atoms with E-state index in [1.54, 1.807) is 70.9 Å². The maximum absolute atomic E-state index is 14.1. The first kappa shape index (κ1) is 80.9. The molecule has 1 fully saturated rings. The molecule has 0 spiro atoms.